The van der Waals surface area contributed by atoms with Gasteiger partial charge in [-0.25, -0.2) is 4.98 Å². The van der Waals surface area contributed by atoms with Gasteiger partial charge in [0.2, 0.25) is 0 Å². The van der Waals surface area contributed by atoms with E-state index in [9.17, 15) is 4.79 Å². The molecule has 0 spiro atoms. The van der Waals surface area contributed by atoms with Crippen LogP contribution in [-0.4, -0.2) is 28.1 Å². The van der Waals surface area contributed by atoms with E-state index in [1.807, 2.05) is 72.3 Å². The molecule has 1 N–H and O–H groups in total. The van der Waals surface area contributed by atoms with E-state index in [0.717, 1.165) is 17.9 Å². The Labute approximate surface area is 147 Å². The van der Waals surface area contributed by atoms with E-state index in [1.165, 1.54) is 0 Å². The summed E-state index contributed by atoms with van der Waals surface area (Å²) in [5.41, 5.74) is 1.76. The van der Waals surface area contributed by atoms with Gasteiger partial charge in [0.05, 0.1) is 12.4 Å². The van der Waals surface area contributed by atoms with Crippen molar-refractivity contribution < 1.29 is 9.53 Å². The number of carbonyl (C=O) groups is 1. The van der Waals surface area contributed by atoms with E-state index < -0.39 is 0 Å². The maximum absolute atomic E-state index is 12.3. The minimum absolute atomic E-state index is 0.0849. The first-order valence-corrected chi connectivity index (χ1v) is 8.24. The monoisotopic (exact) mass is 335 g/mol. The predicted octanol–water partition coefficient (Wildman–Crippen LogP) is 3.13. The quantitative estimate of drug-likeness (QED) is 0.722. The topological polar surface area (TPSA) is 56.1 Å². The Morgan fingerprint density at radius 2 is 1.92 bits per heavy atom. The average Bonchev–Trinajstić information content (AvgIpc) is 3.14. The zero-order valence-electron chi connectivity index (χ0n) is 14.1. The molecule has 0 saturated heterocycles. The molecule has 0 aliphatic heterocycles. The molecule has 1 amide bonds. The molecule has 0 aliphatic carbocycles. The number of hydrogen-bond acceptors (Lipinski definition) is 3. The third kappa shape index (κ3) is 4.94. The van der Waals surface area contributed by atoms with Crippen LogP contribution in [0.25, 0.3) is 0 Å². The van der Waals surface area contributed by atoms with Gasteiger partial charge in [-0.05, 0) is 36.8 Å². The zero-order chi connectivity index (χ0) is 17.5. The van der Waals surface area contributed by atoms with Gasteiger partial charge in [0.1, 0.15) is 12.4 Å². The normalized spacial score (nSPS) is 11.7. The van der Waals surface area contributed by atoms with E-state index in [1.54, 1.807) is 12.5 Å². The smallest absolute Gasteiger partial charge is 0.251 e. The summed E-state index contributed by atoms with van der Waals surface area (Å²) in [6.45, 7) is 3.09. The number of benzene rings is 2. The van der Waals surface area contributed by atoms with E-state index in [-0.39, 0.29) is 11.9 Å². The lowest BCUT2D eigenvalue weighted by Crippen LogP contribution is -2.36. The van der Waals surface area contributed by atoms with Crippen LogP contribution in [0.15, 0.2) is 73.3 Å². The van der Waals surface area contributed by atoms with Crippen molar-refractivity contribution in [1.82, 2.24) is 14.9 Å². The first-order chi connectivity index (χ1) is 12.2. The van der Waals surface area contributed by atoms with Crippen LogP contribution in [0.1, 0.15) is 22.8 Å². The summed E-state index contributed by atoms with van der Waals surface area (Å²) in [6.07, 6.45) is 5.44. The average molecular weight is 335 g/mol. The number of nitrogens with zero attached hydrogens (tertiary/aromatic N) is 2. The van der Waals surface area contributed by atoms with Crippen molar-refractivity contribution in [3.8, 4) is 5.75 Å². The summed E-state index contributed by atoms with van der Waals surface area (Å²) in [4.78, 5) is 16.3. The highest BCUT2D eigenvalue weighted by Crippen LogP contribution is 2.09. The molecule has 1 aromatic heterocycles. The van der Waals surface area contributed by atoms with Crippen molar-refractivity contribution in [3.05, 3.63) is 84.4 Å². The third-order valence-corrected chi connectivity index (χ3v) is 3.76. The summed E-state index contributed by atoms with van der Waals surface area (Å²) in [5, 5.41) is 2.95. The molecule has 3 aromatic rings. The molecule has 5 heteroatoms. The molecular formula is C20H21N3O2. The molecular weight excluding hydrogens is 314 g/mol. The summed E-state index contributed by atoms with van der Waals surface area (Å²) in [5.74, 6) is 0.700. The third-order valence-electron chi connectivity index (χ3n) is 3.76. The van der Waals surface area contributed by atoms with Crippen LogP contribution >= 0.6 is 0 Å². The second-order valence-electron chi connectivity index (χ2n) is 5.93. The maximum atomic E-state index is 12.3. The lowest BCUT2D eigenvalue weighted by atomic mass is 10.1. The second kappa shape index (κ2) is 8.15. The van der Waals surface area contributed by atoms with Crippen LogP contribution in [-0.2, 0) is 6.54 Å². The lowest BCUT2D eigenvalue weighted by molar-refractivity contribution is 0.0926. The minimum atomic E-state index is -0.0988. The van der Waals surface area contributed by atoms with Crippen LogP contribution in [0, 0.1) is 0 Å². The number of imidazole rings is 1. The molecule has 0 fully saturated rings. The Kier molecular flexibility index (Phi) is 5.46. The van der Waals surface area contributed by atoms with Gasteiger partial charge in [-0.2, -0.15) is 0 Å². The maximum Gasteiger partial charge on any atom is 0.251 e. The van der Waals surface area contributed by atoms with E-state index in [0.29, 0.717) is 12.2 Å². The summed E-state index contributed by atoms with van der Waals surface area (Å²) < 4.78 is 7.64. The van der Waals surface area contributed by atoms with E-state index >= 15 is 0 Å². The summed E-state index contributed by atoms with van der Waals surface area (Å²) >= 11 is 0. The molecule has 3 rings (SSSR count). The Bertz CT molecular complexity index is 784. The number of nitrogens with one attached hydrogen (secondary N) is 1. The standard InChI is InChI=1S/C20H21N3O2/c1-16(14-25-19-5-3-2-4-6-19)22-20(24)18-9-7-17(8-10-18)13-23-12-11-21-15-23/h2-12,15-16H,13-14H2,1H3,(H,22,24)/t16-/m0/s1. The van der Waals surface area contributed by atoms with Gasteiger partial charge in [0.25, 0.3) is 5.91 Å². The van der Waals surface area contributed by atoms with Crippen molar-refractivity contribution in [3.63, 3.8) is 0 Å². The second-order valence-corrected chi connectivity index (χ2v) is 5.93. The Morgan fingerprint density at radius 3 is 2.60 bits per heavy atom. The van der Waals surface area contributed by atoms with Crippen LogP contribution in [0.2, 0.25) is 0 Å². The van der Waals surface area contributed by atoms with Crippen molar-refractivity contribution in [2.45, 2.75) is 19.5 Å². The number of ether oxygens (including phenoxy) is 1. The first kappa shape index (κ1) is 16.8. The van der Waals surface area contributed by atoms with Crippen molar-refractivity contribution in [2.24, 2.45) is 0 Å². The number of amides is 1. The molecule has 25 heavy (non-hydrogen) atoms. The van der Waals surface area contributed by atoms with Gasteiger partial charge in [0.15, 0.2) is 0 Å². The molecule has 0 saturated carbocycles. The van der Waals surface area contributed by atoms with E-state index in [4.69, 9.17) is 4.74 Å². The Hall–Kier alpha value is -3.08. The van der Waals surface area contributed by atoms with Gasteiger partial charge >= 0.3 is 0 Å². The van der Waals surface area contributed by atoms with E-state index in [2.05, 4.69) is 10.3 Å². The molecule has 0 radical (unpaired) electrons. The molecule has 1 atom stereocenters. The highest BCUT2D eigenvalue weighted by atomic mass is 16.5. The number of aromatic nitrogens is 2. The largest absolute Gasteiger partial charge is 0.491 e. The number of para-hydroxylation sites is 1. The lowest BCUT2D eigenvalue weighted by Gasteiger charge is -2.15. The molecule has 0 bridgehead atoms. The molecule has 0 aliphatic rings. The Morgan fingerprint density at radius 1 is 1.16 bits per heavy atom. The summed E-state index contributed by atoms with van der Waals surface area (Å²) in [7, 11) is 0. The van der Waals surface area contributed by atoms with Crippen molar-refractivity contribution in [1.29, 1.82) is 0 Å². The molecule has 2 aromatic carbocycles. The Balaban J connectivity index is 1.50. The van der Waals surface area contributed by atoms with Crippen LogP contribution in [0.3, 0.4) is 0 Å². The minimum Gasteiger partial charge on any atom is -0.491 e. The van der Waals surface area contributed by atoms with Crippen LogP contribution < -0.4 is 10.1 Å². The first-order valence-electron chi connectivity index (χ1n) is 8.24. The van der Waals surface area contributed by atoms with Gasteiger partial charge in [-0.15, -0.1) is 0 Å². The van der Waals surface area contributed by atoms with Gasteiger partial charge in [-0.1, -0.05) is 30.3 Å². The number of hydrogen-bond donors (Lipinski definition) is 1. The highest BCUT2D eigenvalue weighted by molar-refractivity contribution is 5.94. The molecule has 128 valence electrons. The van der Waals surface area contributed by atoms with Crippen molar-refractivity contribution in [2.75, 3.05) is 6.61 Å². The SMILES string of the molecule is C[C@@H](COc1ccccc1)NC(=O)c1ccc(Cn2ccnc2)cc1. The van der Waals surface area contributed by atoms with Gasteiger partial charge in [0, 0.05) is 24.5 Å². The predicted molar refractivity (Wildman–Crippen MR) is 96.6 cm³/mol. The fourth-order valence-corrected chi connectivity index (χ4v) is 2.44. The van der Waals surface area contributed by atoms with Gasteiger partial charge < -0.3 is 14.6 Å². The fourth-order valence-electron chi connectivity index (χ4n) is 2.44. The number of carbonyl (C=O) groups excluding carboxylic acids is 1. The fraction of sp³-hybridized carbons (Fsp3) is 0.200. The number of rotatable bonds is 7. The summed E-state index contributed by atoms with van der Waals surface area (Å²) in [6, 6.07) is 17.1. The molecule has 0 unspecified atom stereocenters. The van der Waals surface area contributed by atoms with Crippen LogP contribution in [0.4, 0.5) is 0 Å². The molecule has 5 nitrogen and oxygen atoms in total. The van der Waals surface area contributed by atoms with Crippen LogP contribution in [0.5, 0.6) is 5.75 Å². The zero-order valence-corrected chi connectivity index (χ0v) is 14.1. The highest BCUT2D eigenvalue weighted by Gasteiger charge is 2.10. The van der Waals surface area contributed by atoms with Crippen molar-refractivity contribution >= 4 is 5.91 Å². The van der Waals surface area contributed by atoms with Gasteiger partial charge in [-0.3, -0.25) is 4.79 Å². The molecule has 1 heterocycles.